The SMILES string of the molecule is CN=C(NCC1CCN(Cc2nc(C)c(C)o2)CC1)N1CC(C)(C)C1(C)C. The van der Waals surface area contributed by atoms with Crippen LogP contribution in [0.15, 0.2) is 9.41 Å². The highest BCUT2D eigenvalue weighted by Gasteiger charge is 2.53. The minimum atomic E-state index is 0.143. The predicted molar refractivity (Wildman–Crippen MR) is 110 cm³/mol. The fraction of sp³-hybridized carbons (Fsp3) is 0.810. The van der Waals surface area contributed by atoms with Crippen LogP contribution in [0.25, 0.3) is 0 Å². The number of hydrogen-bond acceptors (Lipinski definition) is 4. The molecular formula is C21H37N5O. The molecule has 2 saturated heterocycles. The number of guanidine groups is 1. The van der Waals surface area contributed by atoms with E-state index in [1.54, 1.807) is 0 Å². The summed E-state index contributed by atoms with van der Waals surface area (Å²) in [5.74, 6) is 3.54. The third-order valence-corrected chi connectivity index (χ3v) is 7.04. The van der Waals surface area contributed by atoms with Crippen molar-refractivity contribution in [3.8, 4) is 0 Å². The first-order valence-electron chi connectivity index (χ1n) is 10.3. The van der Waals surface area contributed by atoms with Crippen LogP contribution in [0.5, 0.6) is 0 Å². The second-order valence-corrected chi connectivity index (χ2v) is 9.43. The van der Waals surface area contributed by atoms with Crippen LogP contribution in [0.1, 0.15) is 57.9 Å². The highest BCUT2D eigenvalue weighted by atomic mass is 16.4. The van der Waals surface area contributed by atoms with Gasteiger partial charge in [-0.2, -0.15) is 0 Å². The van der Waals surface area contributed by atoms with Crippen LogP contribution in [0.2, 0.25) is 0 Å². The predicted octanol–water partition coefficient (Wildman–Crippen LogP) is 3.20. The number of rotatable bonds is 4. The maximum atomic E-state index is 5.73. The van der Waals surface area contributed by atoms with Gasteiger partial charge in [0, 0.05) is 31.1 Å². The highest BCUT2D eigenvalue weighted by molar-refractivity contribution is 5.82. The van der Waals surface area contributed by atoms with Crippen LogP contribution in [-0.2, 0) is 6.54 Å². The molecule has 3 heterocycles. The van der Waals surface area contributed by atoms with Crippen molar-refractivity contribution in [2.75, 3.05) is 33.2 Å². The Bertz CT molecular complexity index is 663. The van der Waals surface area contributed by atoms with E-state index in [1.165, 1.54) is 12.8 Å². The number of aliphatic imine (C=N–C) groups is 1. The van der Waals surface area contributed by atoms with Crippen LogP contribution in [0.4, 0.5) is 0 Å². The van der Waals surface area contributed by atoms with Crippen LogP contribution in [0.3, 0.4) is 0 Å². The molecule has 6 heteroatoms. The maximum Gasteiger partial charge on any atom is 0.208 e. The van der Waals surface area contributed by atoms with E-state index in [1.807, 2.05) is 20.9 Å². The number of hydrogen-bond donors (Lipinski definition) is 1. The molecule has 2 aliphatic rings. The van der Waals surface area contributed by atoms with Gasteiger partial charge in [-0.3, -0.25) is 9.89 Å². The number of nitrogens with one attached hydrogen (secondary N) is 1. The van der Waals surface area contributed by atoms with E-state index in [-0.39, 0.29) is 5.54 Å². The van der Waals surface area contributed by atoms with Crippen molar-refractivity contribution in [1.82, 2.24) is 20.1 Å². The number of likely N-dealkylation sites (tertiary alicyclic amines) is 2. The van der Waals surface area contributed by atoms with E-state index >= 15 is 0 Å². The number of aryl methyl sites for hydroxylation is 2. The van der Waals surface area contributed by atoms with Crippen LogP contribution in [-0.4, -0.2) is 59.5 Å². The van der Waals surface area contributed by atoms with Gasteiger partial charge in [-0.25, -0.2) is 4.98 Å². The molecule has 0 spiro atoms. The molecule has 6 nitrogen and oxygen atoms in total. The summed E-state index contributed by atoms with van der Waals surface area (Å²) in [5, 5.41) is 3.64. The summed E-state index contributed by atoms with van der Waals surface area (Å²) in [6.07, 6.45) is 2.41. The summed E-state index contributed by atoms with van der Waals surface area (Å²) in [6, 6.07) is 0. The monoisotopic (exact) mass is 375 g/mol. The van der Waals surface area contributed by atoms with Crippen LogP contribution in [0, 0.1) is 25.2 Å². The van der Waals surface area contributed by atoms with E-state index < -0.39 is 0 Å². The Labute approximate surface area is 164 Å². The molecule has 0 amide bonds. The second kappa shape index (κ2) is 7.46. The molecule has 0 unspecified atom stereocenters. The standard InChI is InChI=1S/C21H37N5O/c1-15-16(2)27-18(24-15)13-25-10-8-17(9-11-25)12-23-19(22-7)26-14-20(3,4)21(26,5)6/h17H,8-14H2,1-7H3,(H,22,23). The average molecular weight is 376 g/mol. The van der Waals surface area contributed by atoms with E-state index in [4.69, 9.17) is 4.42 Å². The number of oxazole rings is 1. The van der Waals surface area contributed by atoms with Crippen molar-refractivity contribution in [3.63, 3.8) is 0 Å². The lowest BCUT2D eigenvalue weighted by molar-refractivity contribution is -0.0668. The third-order valence-electron chi connectivity index (χ3n) is 7.04. The van der Waals surface area contributed by atoms with Gasteiger partial charge in [0.1, 0.15) is 5.76 Å². The molecule has 0 aromatic carbocycles. The topological polar surface area (TPSA) is 56.9 Å². The normalized spacial score (nSPS) is 23.4. The van der Waals surface area contributed by atoms with Crippen molar-refractivity contribution < 1.29 is 4.42 Å². The van der Waals surface area contributed by atoms with Crippen molar-refractivity contribution in [1.29, 1.82) is 0 Å². The minimum absolute atomic E-state index is 0.143. The van der Waals surface area contributed by atoms with Gasteiger partial charge >= 0.3 is 0 Å². The molecule has 0 radical (unpaired) electrons. The van der Waals surface area contributed by atoms with Crippen LogP contribution >= 0.6 is 0 Å². The first-order valence-corrected chi connectivity index (χ1v) is 10.3. The van der Waals surface area contributed by atoms with Gasteiger partial charge in [0.25, 0.3) is 0 Å². The van der Waals surface area contributed by atoms with Crippen molar-refractivity contribution in [2.45, 2.75) is 66.5 Å². The Kier molecular flexibility index (Phi) is 5.57. The molecule has 3 rings (SSSR count). The van der Waals surface area contributed by atoms with Gasteiger partial charge in [0.05, 0.1) is 12.2 Å². The van der Waals surface area contributed by atoms with Gasteiger partial charge < -0.3 is 14.6 Å². The smallest absolute Gasteiger partial charge is 0.208 e. The van der Waals surface area contributed by atoms with Gasteiger partial charge in [0.2, 0.25) is 5.89 Å². The summed E-state index contributed by atoms with van der Waals surface area (Å²) in [5.41, 5.74) is 1.48. The summed E-state index contributed by atoms with van der Waals surface area (Å²) < 4.78 is 5.73. The second-order valence-electron chi connectivity index (χ2n) is 9.43. The molecule has 152 valence electrons. The van der Waals surface area contributed by atoms with Gasteiger partial charge in [-0.05, 0) is 59.5 Å². The average Bonchev–Trinajstić information content (AvgIpc) is 2.93. The van der Waals surface area contributed by atoms with Gasteiger partial charge in [-0.15, -0.1) is 0 Å². The van der Waals surface area contributed by atoms with E-state index in [0.29, 0.717) is 11.3 Å². The Morgan fingerprint density at radius 2 is 1.89 bits per heavy atom. The first kappa shape index (κ1) is 20.2. The Morgan fingerprint density at radius 1 is 1.22 bits per heavy atom. The fourth-order valence-corrected chi connectivity index (χ4v) is 4.08. The molecular weight excluding hydrogens is 338 g/mol. The zero-order chi connectivity index (χ0) is 19.8. The summed E-state index contributed by atoms with van der Waals surface area (Å²) in [6.45, 7) is 18.4. The lowest BCUT2D eigenvalue weighted by Gasteiger charge is -2.62. The lowest BCUT2D eigenvalue weighted by atomic mass is 9.65. The molecule has 2 aliphatic heterocycles. The molecule has 27 heavy (non-hydrogen) atoms. The zero-order valence-electron chi connectivity index (χ0n) is 18.2. The number of nitrogens with zero attached hydrogens (tertiary/aromatic N) is 4. The number of piperidine rings is 1. The number of aromatic nitrogens is 1. The van der Waals surface area contributed by atoms with E-state index in [2.05, 4.69) is 52.8 Å². The molecule has 0 aliphatic carbocycles. The van der Waals surface area contributed by atoms with Crippen molar-refractivity contribution in [3.05, 3.63) is 17.3 Å². The first-order chi connectivity index (χ1) is 12.6. The Hall–Kier alpha value is -1.56. The van der Waals surface area contributed by atoms with E-state index in [0.717, 1.165) is 56.0 Å². The van der Waals surface area contributed by atoms with Gasteiger partial charge in [0.15, 0.2) is 5.96 Å². The zero-order valence-corrected chi connectivity index (χ0v) is 18.2. The molecule has 2 fully saturated rings. The molecule has 0 atom stereocenters. The molecule has 0 saturated carbocycles. The Balaban J connectivity index is 1.44. The van der Waals surface area contributed by atoms with E-state index in [9.17, 15) is 0 Å². The molecule has 0 bridgehead atoms. The van der Waals surface area contributed by atoms with Crippen molar-refractivity contribution >= 4 is 5.96 Å². The van der Waals surface area contributed by atoms with Crippen LogP contribution < -0.4 is 5.32 Å². The minimum Gasteiger partial charge on any atom is -0.444 e. The lowest BCUT2D eigenvalue weighted by Crippen LogP contribution is -2.72. The summed E-state index contributed by atoms with van der Waals surface area (Å²) in [7, 11) is 1.90. The Morgan fingerprint density at radius 3 is 2.37 bits per heavy atom. The summed E-state index contributed by atoms with van der Waals surface area (Å²) >= 11 is 0. The quantitative estimate of drug-likeness (QED) is 0.647. The molecule has 1 N–H and O–H groups in total. The molecule has 1 aromatic rings. The highest BCUT2D eigenvalue weighted by Crippen LogP contribution is 2.46. The van der Waals surface area contributed by atoms with Gasteiger partial charge in [-0.1, -0.05) is 13.8 Å². The third kappa shape index (κ3) is 4.00. The molecule has 1 aromatic heterocycles. The van der Waals surface area contributed by atoms with Crippen molar-refractivity contribution in [2.24, 2.45) is 16.3 Å². The summed E-state index contributed by atoms with van der Waals surface area (Å²) in [4.78, 5) is 13.9. The maximum absolute atomic E-state index is 5.73. The fourth-order valence-electron chi connectivity index (χ4n) is 4.08. The largest absolute Gasteiger partial charge is 0.444 e.